The molecule has 0 unspecified atom stereocenters. The van der Waals surface area contributed by atoms with Gasteiger partial charge in [-0.2, -0.15) is 5.10 Å². The number of aromatic nitrogens is 3. The monoisotopic (exact) mass is 368 g/mol. The molecule has 0 spiro atoms. The lowest BCUT2D eigenvalue weighted by atomic mass is 10.1. The second-order valence-corrected chi connectivity index (χ2v) is 6.96. The van der Waals surface area contributed by atoms with Crippen molar-refractivity contribution < 1.29 is 9.47 Å². The van der Waals surface area contributed by atoms with Gasteiger partial charge in [-0.1, -0.05) is 0 Å². The molecule has 0 saturated carbocycles. The predicted molar refractivity (Wildman–Crippen MR) is 110 cm³/mol. The SMILES string of the molecule is CCOc1ccc(-n2c(C)c3c(C)nnc(NC(C)C)c3c2C)c(OC)c1. The number of benzene rings is 1. The van der Waals surface area contributed by atoms with E-state index in [0.29, 0.717) is 6.61 Å². The van der Waals surface area contributed by atoms with Gasteiger partial charge in [0.05, 0.1) is 25.1 Å². The first-order valence-corrected chi connectivity index (χ1v) is 9.31. The average Bonchev–Trinajstić information content (AvgIpc) is 2.89. The zero-order chi connectivity index (χ0) is 19.7. The summed E-state index contributed by atoms with van der Waals surface area (Å²) in [6.45, 7) is 13.0. The number of anilines is 1. The molecule has 0 fully saturated rings. The number of nitrogens with one attached hydrogen (secondary N) is 1. The van der Waals surface area contributed by atoms with E-state index in [9.17, 15) is 0 Å². The molecule has 0 aliphatic rings. The summed E-state index contributed by atoms with van der Waals surface area (Å²) in [6.07, 6.45) is 0. The maximum Gasteiger partial charge on any atom is 0.158 e. The molecule has 6 heteroatoms. The lowest BCUT2D eigenvalue weighted by molar-refractivity contribution is 0.336. The first kappa shape index (κ1) is 19.0. The van der Waals surface area contributed by atoms with Gasteiger partial charge in [-0.05, 0) is 53.7 Å². The van der Waals surface area contributed by atoms with Crippen LogP contribution < -0.4 is 14.8 Å². The Labute approximate surface area is 160 Å². The Morgan fingerprint density at radius 1 is 1.07 bits per heavy atom. The van der Waals surface area contributed by atoms with Gasteiger partial charge in [0.1, 0.15) is 11.5 Å². The second kappa shape index (κ2) is 7.47. The van der Waals surface area contributed by atoms with Crippen LogP contribution in [0.25, 0.3) is 16.5 Å². The third-order valence-electron chi connectivity index (χ3n) is 4.67. The fourth-order valence-corrected chi connectivity index (χ4v) is 3.63. The van der Waals surface area contributed by atoms with Crippen molar-refractivity contribution in [2.45, 2.75) is 47.6 Å². The molecule has 0 amide bonds. The van der Waals surface area contributed by atoms with E-state index in [1.165, 1.54) is 0 Å². The van der Waals surface area contributed by atoms with E-state index in [-0.39, 0.29) is 6.04 Å². The molecule has 3 rings (SSSR count). The van der Waals surface area contributed by atoms with Gasteiger partial charge in [0.15, 0.2) is 5.82 Å². The average molecular weight is 368 g/mol. The maximum absolute atomic E-state index is 5.67. The quantitative estimate of drug-likeness (QED) is 0.690. The van der Waals surface area contributed by atoms with Crippen LogP contribution in [0.2, 0.25) is 0 Å². The number of nitrogens with zero attached hydrogens (tertiary/aromatic N) is 3. The van der Waals surface area contributed by atoms with Crippen molar-refractivity contribution in [1.82, 2.24) is 14.8 Å². The van der Waals surface area contributed by atoms with Crippen molar-refractivity contribution in [3.05, 3.63) is 35.3 Å². The van der Waals surface area contributed by atoms with E-state index in [1.807, 2.05) is 32.0 Å². The van der Waals surface area contributed by atoms with Crippen LogP contribution in [0.4, 0.5) is 5.82 Å². The van der Waals surface area contributed by atoms with Crippen LogP contribution in [0, 0.1) is 20.8 Å². The van der Waals surface area contributed by atoms with Crippen molar-refractivity contribution in [3.63, 3.8) is 0 Å². The first-order chi connectivity index (χ1) is 12.9. The Morgan fingerprint density at radius 3 is 2.41 bits per heavy atom. The number of rotatable bonds is 6. The van der Waals surface area contributed by atoms with E-state index in [2.05, 4.69) is 47.8 Å². The van der Waals surface area contributed by atoms with Gasteiger partial charge in [0, 0.05) is 34.3 Å². The molecule has 144 valence electrons. The fourth-order valence-electron chi connectivity index (χ4n) is 3.63. The first-order valence-electron chi connectivity index (χ1n) is 9.31. The van der Waals surface area contributed by atoms with E-state index >= 15 is 0 Å². The van der Waals surface area contributed by atoms with Gasteiger partial charge in [0.25, 0.3) is 0 Å². The van der Waals surface area contributed by atoms with Gasteiger partial charge in [-0.15, -0.1) is 5.10 Å². The zero-order valence-electron chi connectivity index (χ0n) is 17.2. The molecule has 0 aliphatic carbocycles. The largest absolute Gasteiger partial charge is 0.494 e. The van der Waals surface area contributed by atoms with Crippen LogP contribution in [0.5, 0.6) is 11.5 Å². The molecule has 6 nitrogen and oxygen atoms in total. The molecule has 2 aromatic heterocycles. The van der Waals surface area contributed by atoms with Gasteiger partial charge >= 0.3 is 0 Å². The van der Waals surface area contributed by atoms with E-state index in [1.54, 1.807) is 7.11 Å². The van der Waals surface area contributed by atoms with Crippen molar-refractivity contribution >= 4 is 16.6 Å². The highest BCUT2D eigenvalue weighted by Gasteiger charge is 2.21. The Bertz CT molecular complexity index is 976. The molecule has 0 saturated heterocycles. The van der Waals surface area contributed by atoms with Gasteiger partial charge in [-0.3, -0.25) is 0 Å². The van der Waals surface area contributed by atoms with E-state index < -0.39 is 0 Å². The fraction of sp³-hybridized carbons (Fsp3) is 0.429. The number of methoxy groups -OCH3 is 1. The van der Waals surface area contributed by atoms with E-state index in [4.69, 9.17) is 9.47 Å². The molecule has 3 aromatic rings. The summed E-state index contributed by atoms with van der Waals surface area (Å²) < 4.78 is 13.5. The minimum absolute atomic E-state index is 0.272. The van der Waals surface area contributed by atoms with Crippen molar-refractivity contribution in [3.8, 4) is 17.2 Å². The minimum Gasteiger partial charge on any atom is -0.494 e. The van der Waals surface area contributed by atoms with Crippen LogP contribution >= 0.6 is 0 Å². The summed E-state index contributed by atoms with van der Waals surface area (Å²) in [4.78, 5) is 0. The van der Waals surface area contributed by atoms with Crippen molar-refractivity contribution in [1.29, 1.82) is 0 Å². The number of hydrogen-bond donors (Lipinski definition) is 1. The summed E-state index contributed by atoms with van der Waals surface area (Å²) in [5.74, 6) is 2.38. The highest BCUT2D eigenvalue weighted by molar-refractivity contribution is 5.98. The van der Waals surface area contributed by atoms with Gasteiger partial charge < -0.3 is 19.4 Å². The normalized spacial score (nSPS) is 11.3. The standard InChI is InChI=1S/C21H28N4O2/c1-8-27-16-9-10-17(18(11-16)26-7)25-14(5)19-13(4)23-24-21(22-12(2)3)20(19)15(25)6/h9-12H,8H2,1-7H3,(H,22,24). The Hall–Kier alpha value is -2.76. The molecule has 0 radical (unpaired) electrons. The van der Waals surface area contributed by atoms with Crippen LogP contribution in [0.1, 0.15) is 37.9 Å². The predicted octanol–water partition coefficient (Wildman–Crippen LogP) is 4.57. The zero-order valence-corrected chi connectivity index (χ0v) is 17.2. The third-order valence-corrected chi connectivity index (χ3v) is 4.67. The Balaban J connectivity index is 2.29. The number of ether oxygens (including phenoxy) is 2. The lowest BCUT2D eigenvalue weighted by Crippen LogP contribution is -2.12. The summed E-state index contributed by atoms with van der Waals surface area (Å²) in [6, 6.07) is 6.21. The topological polar surface area (TPSA) is 61.2 Å². The number of hydrogen-bond acceptors (Lipinski definition) is 5. The van der Waals surface area contributed by atoms with Crippen LogP contribution in [0.3, 0.4) is 0 Å². The summed E-state index contributed by atoms with van der Waals surface area (Å²) >= 11 is 0. The van der Waals surface area contributed by atoms with E-state index in [0.717, 1.165) is 50.9 Å². The molecule has 0 atom stereocenters. The summed E-state index contributed by atoms with van der Waals surface area (Å²) in [7, 11) is 1.68. The van der Waals surface area contributed by atoms with Crippen LogP contribution in [-0.4, -0.2) is 34.5 Å². The minimum atomic E-state index is 0.272. The number of aryl methyl sites for hydroxylation is 3. The van der Waals surface area contributed by atoms with Crippen molar-refractivity contribution in [2.75, 3.05) is 19.0 Å². The van der Waals surface area contributed by atoms with Gasteiger partial charge in [-0.25, -0.2) is 0 Å². The maximum atomic E-state index is 5.67. The Kier molecular flexibility index (Phi) is 5.26. The molecular weight excluding hydrogens is 340 g/mol. The molecule has 0 aliphatic heterocycles. The Morgan fingerprint density at radius 2 is 1.78 bits per heavy atom. The van der Waals surface area contributed by atoms with Crippen molar-refractivity contribution in [2.24, 2.45) is 0 Å². The molecule has 0 bridgehead atoms. The molecular formula is C21H28N4O2. The van der Waals surface area contributed by atoms with Gasteiger partial charge in [0.2, 0.25) is 0 Å². The van der Waals surface area contributed by atoms with Crippen LogP contribution in [0.15, 0.2) is 18.2 Å². The molecule has 1 N–H and O–H groups in total. The third kappa shape index (κ3) is 3.31. The lowest BCUT2D eigenvalue weighted by Gasteiger charge is -2.15. The highest BCUT2D eigenvalue weighted by atomic mass is 16.5. The molecule has 1 aromatic carbocycles. The smallest absolute Gasteiger partial charge is 0.158 e. The number of fused-ring (bicyclic) bond motifs is 1. The molecule has 27 heavy (non-hydrogen) atoms. The summed E-state index contributed by atoms with van der Waals surface area (Å²) in [5.41, 5.74) is 4.11. The summed E-state index contributed by atoms with van der Waals surface area (Å²) in [5, 5.41) is 14.4. The highest BCUT2D eigenvalue weighted by Crippen LogP contribution is 2.37. The molecule has 2 heterocycles. The van der Waals surface area contributed by atoms with Crippen LogP contribution in [-0.2, 0) is 0 Å². The second-order valence-electron chi connectivity index (χ2n) is 6.96.